The van der Waals surface area contributed by atoms with E-state index in [2.05, 4.69) is 22.2 Å². The summed E-state index contributed by atoms with van der Waals surface area (Å²) in [6.07, 6.45) is 4.37. The Balaban J connectivity index is 0.000000858. The number of aromatic nitrogens is 1. The van der Waals surface area contributed by atoms with E-state index in [-0.39, 0.29) is 30.4 Å². The highest BCUT2D eigenvalue weighted by Crippen LogP contribution is 2.25. The summed E-state index contributed by atoms with van der Waals surface area (Å²) in [5.41, 5.74) is 1.66. The lowest BCUT2D eigenvalue weighted by Crippen LogP contribution is -2.45. The molecule has 1 aromatic heterocycles. The van der Waals surface area contributed by atoms with Crippen LogP contribution in [0.1, 0.15) is 29.6 Å². The Kier molecular flexibility index (Phi) is 8.02. The first kappa shape index (κ1) is 22.8. The molecule has 4 rings (SSSR count). The number of rotatable bonds is 5. The number of nitrogens with zero attached hydrogens (tertiary/aromatic N) is 2. The summed E-state index contributed by atoms with van der Waals surface area (Å²) in [5.74, 6) is 0.162. The third-order valence-electron chi connectivity index (χ3n) is 6.10. The molecule has 9 nitrogen and oxygen atoms in total. The van der Waals surface area contributed by atoms with Crippen molar-refractivity contribution >= 4 is 29.2 Å². The van der Waals surface area contributed by atoms with Gasteiger partial charge in [0.1, 0.15) is 0 Å². The Morgan fingerprint density at radius 3 is 2.68 bits per heavy atom. The SMILES string of the molecule is CN1[C@@H](CC(=O)N2CCOCC2)CC[C@H]1CNC(=O)c1cccc2[nH]ccc12.O=CO. The largest absolute Gasteiger partial charge is 0.483 e. The fraction of sp³-hybridized carbons (Fsp3) is 0.500. The smallest absolute Gasteiger partial charge is 0.290 e. The average molecular weight is 431 g/mol. The molecule has 2 fully saturated rings. The van der Waals surface area contributed by atoms with Gasteiger partial charge in [-0.3, -0.25) is 19.3 Å². The number of hydrogen-bond acceptors (Lipinski definition) is 5. The molecule has 0 spiro atoms. The van der Waals surface area contributed by atoms with Gasteiger partial charge < -0.3 is 25.0 Å². The van der Waals surface area contributed by atoms with E-state index in [0.717, 1.165) is 23.7 Å². The van der Waals surface area contributed by atoms with Crippen molar-refractivity contribution in [2.24, 2.45) is 0 Å². The second-order valence-corrected chi connectivity index (χ2v) is 7.81. The molecule has 2 aromatic rings. The lowest BCUT2D eigenvalue weighted by atomic mass is 10.1. The van der Waals surface area contributed by atoms with Gasteiger partial charge in [0.05, 0.1) is 13.2 Å². The number of likely N-dealkylation sites (N-methyl/N-ethyl adjacent to an activating group) is 1. The van der Waals surface area contributed by atoms with E-state index in [1.165, 1.54) is 0 Å². The van der Waals surface area contributed by atoms with Crippen molar-refractivity contribution in [2.75, 3.05) is 39.9 Å². The molecule has 2 saturated heterocycles. The minimum absolute atomic E-state index is 0.0496. The molecule has 1 aromatic carbocycles. The highest BCUT2D eigenvalue weighted by atomic mass is 16.5. The number of nitrogens with one attached hydrogen (secondary N) is 2. The van der Waals surface area contributed by atoms with Gasteiger partial charge in [-0.25, -0.2) is 0 Å². The molecule has 3 N–H and O–H groups in total. The van der Waals surface area contributed by atoms with Gasteiger partial charge in [0.2, 0.25) is 5.91 Å². The molecule has 2 amide bonds. The van der Waals surface area contributed by atoms with Gasteiger partial charge in [-0.1, -0.05) is 6.07 Å². The third kappa shape index (κ3) is 5.62. The van der Waals surface area contributed by atoms with Crippen molar-refractivity contribution < 1.29 is 24.2 Å². The number of amides is 2. The summed E-state index contributed by atoms with van der Waals surface area (Å²) in [4.78, 5) is 40.9. The van der Waals surface area contributed by atoms with Crippen molar-refractivity contribution in [2.45, 2.75) is 31.3 Å². The summed E-state index contributed by atoms with van der Waals surface area (Å²) in [6, 6.07) is 8.14. The maximum absolute atomic E-state index is 12.7. The molecule has 2 aliphatic rings. The van der Waals surface area contributed by atoms with E-state index in [1.54, 1.807) is 0 Å². The normalized spacial score (nSPS) is 21.4. The molecule has 0 bridgehead atoms. The Morgan fingerprint density at radius 2 is 1.94 bits per heavy atom. The number of likely N-dealkylation sites (tertiary alicyclic amines) is 1. The van der Waals surface area contributed by atoms with Crippen molar-refractivity contribution in [3.63, 3.8) is 0 Å². The van der Waals surface area contributed by atoms with Crippen LogP contribution >= 0.6 is 0 Å². The second-order valence-electron chi connectivity index (χ2n) is 7.81. The van der Waals surface area contributed by atoms with Crippen LogP contribution in [0.3, 0.4) is 0 Å². The lowest BCUT2D eigenvalue weighted by molar-refractivity contribution is -0.136. The fourth-order valence-corrected chi connectivity index (χ4v) is 4.31. The van der Waals surface area contributed by atoms with Crippen LogP contribution in [0.25, 0.3) is 10.9 Å². The van der Waals surface area contributed by atoms with Crippen molar-refractivity contribution in [1.82, 2.24) is 20.1 Å². The number of ether oxygens (including phenoxy) is 1. The standard InChI is InChI=1S/C21H28N4O3.CH2O2/c1-24-15(13-20(26)25-9-11-28-12-10-25)5-6-16(24)14-23-21(27)18-3-2-4-19-17(18)7-8-22-19;2-1-3/h2-4,7-8,15-16,22H,5-6,9-14H2,1H3,(H,23,27);1H,(H,2,3)/t15-,16+;/m1./s1. The summed E-state index contributed by atoms with van der Waals surface area (Å²) in [5, 5.41) is 10.9. The van der Waals surface area contributed by atoms with Crippen LogP contribution in [0, 0.1) is 0 Å². The second kappa shape index (κ2) is 10.9. The van der Waals surface area contributed by atoms with Gasteiger partial charge in [-0.15, -0.1) is 0 Å². The number of H-pyrrole nitrogens is 1. The third-order valence-corrected chi connectivity index (χ3v) is 6.10. The van der Waals surface area contributed by atoms with Crippen LogP contribution in [-0.2, 0) is 14.3 Å². The molecular weight excluding hydrogens is 400 g/mol. The van der Waals surface area contributed by atoms with Crippen LogP contribution in [-0.4, -0.2) is 90.2 Å². The summed E-state index contributed by atoms with van der Waals surface area (Å²) in [7, 11) is 2.06. The Bertz CT molecular complexity index is 893. The van der Waals surface area contributed by atoms with E-state index >= 15 is 0 Å². The topological polar surface area (TPSA) is 115 Å². The van der Waals surface area contributed by atoms with Gasteiger partial charge in [0.25, 0.3) is 12.4 Å². The minimum Gasteiger partial charge on any atom is -0.483 e. The zero-order chi connectivity index (χ0) is 22.2. The van der Waals surface area contributed by atoms with E-state index in [1.807, 2.05) is 35.4 Å². The number of fused-ring (bicyclic) bond motifs is 1. The first-order valence-electron chi connectivity index (χ1n) is 10.5. The molecule has 0 aliphatic carbocycles. The number of benzene rings is 1. The van der Waals surface area contributed by atoms with Crippen LogP contribution in [0.5, 0.6) is 0 Å². The van der Waals surface area contributed by atoms with E-state index in [4.69, 9.17) is 14.6 Å². The Hall–Kier alpha value is -2.91. The predicted octanol–water partition coefficient (Wildman–Crippen LogP) is 1.31. The molecule has 3 heterocycles. The first-order chi connectivity index (χ1) is 15.0. The number of carbonyl (C=O) groups is 3. The maximum atomic E-state index is 12.7. The van der Waals surface area contributed by atoms with Crippen LogP contribution < -0.4 is 5.32 Å². The zero-order valence-corrected chi connectivity index (χ0v) is 17.8. The quantitative estimate of drug-likeness (QED) is 0.616. The summed E-state index contributed by atoms with van der Waals surface area (Å²) in [6.45, 7) is 3.00. The molecule has 9 heteroatoms. The van der Waals surface area contributed by atoms with E-state index in [0.29, 0.717) is 44.8 Å². The van der Waals surface area contributed by atoms with E-state index < -0.39 is 0 Å². The van der Waals surface area contributed by atoms with Gasteiger partial charge >= 0.3 is 0 Å². The van der Waals surface area contributed by atoms with Crippen LogP contribution in [0.15, 0.2) is 30.5 Å². The minimum atomic E-state index is -0.250. The highest BCUT2D eigenvalue weighted by Gasteiger charge is 2.33. The molecule has 2 atom stereocenters. The maximum Gasteiger partial charge on any atom is 0.290 e. The van der Waals surface area contributed by atoms with Crippen molar-refractivity contribution in [1.29, 1.82) is 0 Å². The number of hydrogen-bond donors (Lipinski definition) is 3. The average Bonchev–Trinajstić information content (AvgIpc) is 3.40. The Morgan fingerprint density at radius 1 is 1.23 bits per heavy atom. The molecule has 2 aliphatic heterocycles. The van der Waals surface area contributed by atoms with Gasteiger partial charge in [-0.05, 0) is 38.1 Å². The van der Waals surface area contributed by atoms with Crippen molar-refractivity contribution in [3.8, 4) is 0 Å². The first-order valence-corrected chi connectivity index (χ1v) is 10.5. The Labute approximate surface area is 181 Å². The molecule has 0 unspecified atom stereocenters. The molecule has 0 saturated carbocycles. The zero-order valence-electron chi connectivity index (χ0n) is 17.8. The van der Waals surface area contributed by atoms with E-state index in [9.17, 15) is 9.59 Å². The predicted molar refractivity (Wildman–Crippen MR) is 116 cm³/mol. The number of carboxylic acid groups (broad SMARTS) is 1. The molecule has 31 heavy (non-hydrogen) atoms. The van der Waals surface area contributed by atoms with Gasteiger partial charge in [0, 0.05) is 60.8 Å². The van der Waals surface area contributed by atoms with Crippen LogP contribution in [0.4, 0.5) is 0 Å². The monoisotopic (exact) mass is 430 g/mol. The molecular formula is C22H30N4O5. The van der Waals surface area contributed by atoms with Crippen molar-refractivity contribution in [3.05, 3.63) is 36.0 Å². The van der Waals surface area contributed by atoms with Gasteiger partial charge in [0.15, 0.2) is 0 Å². The number of aromatic amines is 1. The van der Waals surface area contributed by atoms with Gasteiger partial charge in [-0.2, -0.15) is 0 Å². The number of morpholine rings is 1. The van der Waals surface area contributed by atoms with Crippen LogP contribution in [0.2, 0.25) is 0 Å². The molecule has 168 valence electrons. The molecule has 0 radical (unpaired) electrons. The number of carbonyl (C=O) groups excluding carboxylic acids is 2. The lowest BCUT2D eigenvalue weighted by Gasteiger charge is -2.30. The highest BCUT2D eigenvalue weighted by molar-refractivity contribution is 6.06. The summed E-state index contributed by atoms with van der Waals surface area (Å²) < 4.78 is 5.32. The summed E-state index contributed by atoms with van der Waals surface area (Å²) >= 11 is 0. The fourth-order valence-electron chi connectivity index (χ4n) is 4.31.